The van der Waals surface area contributed by atoms with Gasteiger partial charge in [0.05, 0.1) is 34.5 Å². The molecule has 2 aromatic carbocycles. The summed E-state index contributed by atoms with van der Waals surface area (Å²) in [6.45, 7) is 9.37. The average molecular weight is 957 g/mol. The molecule has 4 aromatic heterocycles. The third-order valence-corrected chi connectivity index (χ3v) is 11.7. The highest BCUT2D eigenvalue weighted by Crippen LogP contribution is 2.32. The summed E-state index contributed by atoms with van der Waals surface area (Å²) < 4.78 is 13.0. The van der Waals surface area contributed by atoms with Gasteiger partial charge in [0.1, 0.15) is 22.7 Å². The Morgan fingerprint density at radius 1 is 0.714 bits per heavy atom. The second kappa shape index (κ2) is 21.7. The first-order valence-electron chi connectivity index (χ1n) is 23.0. The highest BCUT2D eigenvalue weighted by Gasteiger charge is 2.24. The van der Waals surface area contributed by atoms with Crippen molar-refractivity contribution in [1.82, 2.24) is 48.5 Å². The molecule has 6 aromatic rings. The summed E-state index contributed by atoms with van der Waals surface area (Å²) in [5, 5.41) is 14.6. The lowest BCUT2D eigenvalue weighted by Gasteiger charge is -2.18. The summed E-state index contributed by atoms with van der Waals surface area (Å²) in [6, 6.07) is 11.2. The van der Waals surface area contributed by atoms with Crippen molar-refractivity contribution in [2.75, 3.05) is 37.4 Å². The molecule has 0 saturated heterocycles. The van der Waals surface area contributed by atoms with Crippen molar-refractivity contribution < 1.29 is 38.3 Å². The van der Waals surface area contributed by atoms with Crippen LogP contribution in [0, 0.1) is 13.8 Å². The zero-order valence-corrected chi connectivity index (χ0v) is 39.7. The van der Waals surface area contributed by atoms with Crippen LogP contribution in [0.25, 0.3) is 22.1 Å². The van der Waals surface area contributed by atoms with Crippen molar-refractivity contribution in [2.24, 2.45) is 11.5 Å². The zero-order chi connectivity index (χ0) is 50.2. The third-order valence-electron chi connectivity index (χ3n) is 11.7. The Bertz CT molecular complexity index is 3060. The van der Waals surface area contributed by atoms with Crippen LogP contribution in [0.3, 0.4) is 0 Å². The number of carbonyl (C=O) groups excluding carboxylic acids is 7. The van der Waals surface area contributed by atoms with Crippen LogP contribution in [0.1, 0.15) is 99.0 Å². The Morgan fingerprint density at radius 2 is 1.29 bits per heavy atom. The minimum atomic E-state index is -0.720. The van der Waals surface area contributed by atoms with Gasteiger partial charge in [0.25, 0.3) is 23.6 Å². The van der Waals surface area contributed by atoms with Gasteiger partial charge in [-0.2, -0.15) is 10.2 Å². The number of allylic oxidation sites excluding steroid dienone is 2. The van der Waals surface area contributed by atoms with Crippen LogP contribution in [0.5, 0.6) is 5.75 Å². The van der Waals surface area contributed by atoms with E-state index in [0.717, 1.165) is 0 Å². The number of hydrogen-bond donors (Lipinski definition) is 4. The molecule has 6 N–H and O–H groups in total. The van der Waals surface area contributed by atoms with Crippen LogP contribution in [-0.2, 0) is 40.6 Å². The topological polar surface area (TPSA) is 283 Å². The quantitative estimate of drug-likeness (QED) is 0.0401. The number of primary amides is 2. The molecule has 70 heavy (non-hydrogen) atoms. The van der Waals surface area contributed by atoms with Crippen molar-refractivity contribution in [3.05, 3.63) is 101 Å². The van der Waals surface area contributed by atoms with Gasteiger partial charge in [0.15, 0.2) is 0 Å². The number of unbranched alkanes of at least 4 members (excludes halogenated alkanes) is 2. The maximum atomic E-state index is 13.9. The second-order valence-electron chi connectivity index (χ2n) is 16.7. The Morgan fingerprint density at radius 3 is 1.89 bits per heavy atom. The van der Waals surface area contributed by atoms with E-state index in [1.807, 2.05) is 26.0 Å². The van der Waals surface area contributed by atoms with E-state index in [4.69, 9.17) is 21.2 Å². The van der Waals surface area contributed by atoms with Gasteiger partial charge in [-0.25, -0.2) is 9.97 Å². The van der Waals surface area contributed by atoms with Gasteiger partial charge in [0, 0.05) is 76.0 Å². The number of imide groups is 1. The number of nitrogens with two attached hydrogens (primary N) is 2. The summed E-state index contributed by atoms with van der Waals surface area (Å²) in [6.07, 6.45) is 8.76. The van der Waals surface area contributed by atoms with Crippen LogP contribution < -0.4 is 26.8 Å². The van der Waals surface area contributed by atoms with E-state index in [9.17, 15) is 33.6 Å². The highest BCUT2D eigenvalue weighted by atomic mass is 16.5. The number of carbonyl (C=O) groups is 7. The molecule has 0 spiro atoms. The van der Waals surface area contributed by atoms with Crippen LogP contribution in [0.2, 0.25) is 0 Å². The first kappa shape index (κ1) is 49.5. The molecule has 5 heterocycles. The molecule has 0 bridgehead atoms. The molecule has 0 unspecified atom stereocenters. The van der Waals surface area contributed by atoms with Gasteiger partial charge in [0.2, 0.25) is 29.6 Å². The molecular weight excluding hydrogens is 901 g/mol. The van der Waals surface area contributed by atoms with Crippen molar-refractivity contribution in [1.29, 1.82) is 0 Å². The molecule has 7 rings (SSSR count). The third kappa shape index (κ3) is 11.1. The standard InChI is InChI=1S/C48H56N14O8/c1-6-61-36(24-29(3)55-61)45(68)53-47-51-33-26-31(43(49)66)15-16-35(33)58(47)20-11-12-22-60-42-34(52-48(60)54-46(69)37-25-30(4)56-62(37)7-2)27-32(44(50)67)28-38(42)70-23-13-19-57(5)39(63)14-9-8-10-21-59-40(64)17-18-41(59)65/h11-12,15-18,24-28H,6-10,13-14,19-23H2,1-5H3,(H2,49,66)(H2,50,67)(H,51,53,68)(H,52,54,69)/b12-11+. The number of rotatable bonds is 23. The molecule has 0 aliphatic carbocycles. The summed E-state index contributed by atoms with van der Waals surface area (Å²) in [5.74, 6) is -2.35. The number of amides is 7. The van der Waals surface area contributed by atoms with Gasteiger partial charge in [-0.3, -0.25) is 58.5 Å². The summed E-state index contributed by atoms with van der Waals surface area (Å²) in [7, 11) is 1.70. The predicted molar refractivity (Wildman–Crippen MR) is 259 cm³/mol. The fourth-order valence-electron chi connectivity index (χ4n) is 8.12. The van der Waals surface area contributed by atoms with Crippen LogP contribution in [0.15, 0.2) is 66.8 Å². The summed E-state index contributed by atoms with van der Waals surface area (Å²) in [4.78, 5) is 101. The molecule has 22 nitrogen and oxygen atoms in total. The molecule has 0 saturated carbocycles. The largest absolute Gasteiger partial charge is 0.491 e. The first-order chi connectivity index (χ1) is 33.6. The SMILES string of the molecule is CCn1nc(C)cc1C(=O)Nc1nc2cc(C(N)=O)ccc2n1C/C=C/Cn1c(NC(=O)c2cc(C)nn2CC)nc2cc(C(N)=O)cc(OCCCN(C)C(=O)CCCCCN3C(=O)C=CC3=O)c21. The van der Waals surface area contributed by atoms with Crippen LogP contribution >= 0.6 is 0 Å². The molecular formula is C48H56N14O8. The molecule has 7 amide bonds. The maximum absolute atomic E-state index is 13.9. The summed E-state index contributed by atoms with van der Waals surface area (Å²) in [5.41, 5.74) is 15.5. The number of aryl methyl sites for hydroxylation is 4. The van der Waals surface area contributed by atoms with Crippen molar-refractivity contribution >= 4 is 75.3 Å². The Labute approximate surface area is 402 Å². The second-order valence-corrected chi connectivity index (χ2v) is 16.7. The fourth-order valence-corrected chi connectivity index (χ4v) is 8.12. The normalized spacial score (nSPS) is 12.5. The van der Waals surface area contributed by atoms with E-state index in [2.05, 4.69) is 25.8 Å². The monoisotopic (exact) mass is 956 g/mol. The van der Waals surface area contributed by atoms with Gasteiger partial charge >= 0.3 is 0 Å². The van der Waals surface area contributed by atoms with Crippen molar-refractivity contribution in [3.8, 4) is 5.75 Å². The minimum Gasteiger partial charge on any atom is -0.491 e. The smallest absolute Gasteiger partial charge is 0.276 e. The number of aromatic nitrogens is 8. The number of nitrogens with zero attached hydrogens (tertiary/aromatic N) is 10. The fraction of sp³-hybridized carbons (Fsp3) is 0.354. The van der Waals surface area contributed by atoms with Crippen LogP contribution in [0.4, 0.5) is 11.9 Å². The molecule has 1 aliphatic rings. The van der Waals surface area contributed by atoms with E-state index in [1.54, 1.807) is 74.6 Å². The number of ether oxygens (including phenoxy) is 1. The van der Waals surface area contributed by atoms with E-state index >= 15 is 0 Å². The van der Waals surface area contributed by atoms with Gasteiger partial charge in [-0.1, -0.05) is 18.6 Å². The molecule has 0 radical (unpaired) electrons. The number of fused-ring (bicyclic) bond motifs is 2. The summed E-state index contributed by atoms with van der Waals surface area (Å²) >= 11 is 0. The Hall–Kier alpha value is -8.43. The van der Waals surface area contributed by atoms with Gasteiger partial charge in [-0.15, -0.1) is 0 Å². The van der Waals surface area contributed by atoms with Crippen molar-refractivity contribution in [2.45, 2.75) is 86.0 Å². The Balaban J connectivity index is 1.12. The first-order valence-corrected chi connectivity index (χ1v) is 23.0. The van der Waals surface area contributed by atoms with Crippen molar-refractivity contribution in [3.63, 3.8) is 0 Å². The number of nitrogens with one attached hydrogen (secondary N) is 2. The van der Waals surface area contributed by atoms with E-state index in [1.165, 1.54) is 29.2 Å². The van der Waals surface area contributed by atoms with E-state index < -0.39 is 23.6 Å². The number of benzene rings is 2. The number of imidazole rings is 2. The molecule has 0 fully saturated rings. The van der Waals surface area contributed by atoms with Gasteiger partial charge < -0.3 is 30.2 Å². The minimum absolute atomic E-state index is 0.0643. The highest BCUT2D eigenvalue weighted by molar-refractivity contribution is 6.13. The molecule has 0 atom stereocenters. The van der Waals surface area contributed by atoms with E-state index in [-0.39, 0.29) is 66.2 Å². The lowest BCUT2D eigenvalue weighted by molar-refractivity contribution is -0.137. The number of anilines is 2. The lowest BCUT2D eigenvalue weighted by atomic mass is 10.1. The maximum Gasteiger partial charge on any atom is 0.276 e. The predicted octanol–water partition coefficient (Wildman–Crippen LogP) is 4.11. The zero-order valence-electron chi connectivity index (χ0n) is 39.7. The van der Waals surface area contributed by atoms with Crippen LogP contribution in [-0.4, -0.2) is 117 Å². The Kier molecular flexibility index (Phi) is 15.3. The molecule has 366 valence electrons. The average Bonchev–Trinajstić information content (AvgIpc) is 4.15. The molecule has 22 heteroatoms. The van der Waals surface area contributed by atoms with Gasteiger partial charge in [-0.05, 0) is 89.4 Å². The lowest BCUT2D eigenvalue weighted by Crippen LogP contribution is -2.31. The molecule has 1 aliphatic heterocycles. The number of hydrogen-bond acceptors (Lipinski definition) is 12. The van der Waals surface area contributed by atoms with E-state index in [0.29, 0.717) is 103 Å².